The molecule has 1 aliphatic rings. The van der Waals surface area contributed by atoms with E-state index >= 15 is 0 Å². The molecule has 1 N–H and O–H groups in total. The third-order valence-corrected chi connectivity index (χ3v) is 6.58. The van der Waals surface area contributed by atoms with Gasteiger partial charge in [0.25, 0.3) is 0 Å². The molecule has 4 nitrogen and oxygen atoms in total. The fourth-order valence-corrected chi connectivity index (χ4v) is 4.52. The number of rotatable bonds is 8. The van der Waals surface area contributed by atoms with Crippen LogP contribution >= 0.6 is 0 Å². The number of carboxylic acid groups (broad SMARTS) is 1. The maximum Gasteiger partial charge on any atom is 0.311 e. The predicted molar refractivity (Wildman–Crippen MR) is 128 cm³/mol. The van der Waals surface area contributed by atoms with Crippen molar-refractivity contribution in [1.82, 2.24) is 4.98 Å². The van der Waals surface area contributed by atoms with E-state index in [0.717, 1.165) is 17.8 Å². The normalized spacial score (nSPS) is 18.6. The van der Waals surface area contributed by atoms with Crippen LogP contribution in [0.4, 0.5) is 5.82 Å². The molecule has 0 bridgehead atoms. The van der Waals surface area contributed by atoms with Gasteiger partial charge in [-0.25, -0.2) is 4.98 Å². The smallest absolute Gasteiger partial charge is 0.311 e. The first-order chi connectivity index (χ1) is 15.0. The second-order valence-corrected chi connectivity index (χ2v) is 9.09. The average Bonchev–Trinajstić information content (AvgIpc) is 3.20. The number of aliphatic carboxylic acids is 1. The zero-order valence-corrected chi connectivity index (χ0v) is 18.6. The molecule has 1 saturated heterocycles. The van der Waals surface area contributed by atoms with Crippen molar-refractivity contribution in [1.29, 1.82) is 0 Å². The van der Waals surface area contributed by atoms with Gasteiger partial charge in [0.1, 0.15) is 5.82 Å². The van der Waals surface area contributed by atoms with Gasteiger partial charge in [0.2, 0.25) is 0 Å². The van der Waals surface area contributed by atoms with Crippen LogP contribution in [-0.4, -0.2) is 29.1 Å². The molecule has 1 aliphatic heterocycles. The molecule has 0 radical (unpaired) electrons. The summed E-state index contributed by atoms with van der Waals surface area (Å²) in [7, 11) is 0. The maximum absolute atomic E-state index is 11.7. The molecular weight excluding hydrogens is 384 g/mol. The number of hydrogen-bond donors (Lipinski definition) is 1. The average molecular weight is 417 g/mol. The molecule has 162 valence electrons. The molecule has 31 heavy (non-hydrogen) atoms. The number of hydrogen-bond acceptors (Lipinski definition) is 3. The number of benzene rings is 2. The van der Waals surface area contributed by atoms with Crippen molar-refractivity contribution in [2.45, 2.75) is 52.4 Å². The first-order valence-corrected chi connectivity index (χ1v) is 11.5. The second kappa shape index (κ2) is 9.09. The Hall–Kier alpha value is -2.88. The lowest BCUT2D eigenvalue weighted by atomic mass is 9.90. The van der Waals surface area contributed by atoms with Crippen molar-refractivity contribution in [2.24, 2.45) is 5.41 Å². The molecule has 3 aromatic rings. The van der Waals surface area contributed by atoms with E-state index in [1.807, 2.05) is 13.0 Å². The van der Waals surface area contributed by atoms with Gasteiger partial charge in [-0.05, 0) is 61.1 Å². The van der Waals surface area contributed by atoms with Gasteiger partial charge in [-0.3, -0.25) is 4.79 Å². The first kappa shape index (κ1) is 21.4. The Morgan fingerprint density at radius 3 is 2.61 bits per heavy atom. The number of aryl methyl sites for hydroxylation is 1. The zero-order valence-electron chi connectivity index (χ0n) is 18.6. The molecule has 0 saturated carbocycles. The molecule has 2 aromatic carbocycles. The molecule has 2 heterocycles. The van der Waals surface area contributed by atoms with Crippen molar-refractivity contribution >= 4 is 22.7 Å². The van der Waals surface area contributed by atoms with Crippen LogP contribution in [0.5, 0.6) is 0 Å². The minimum Gasteiger partial charge on any atom is -0.481 e. The molecule has 1 fully saturated rings. The summed E-state index contributed by atoms with van der Waals surface area (Å²) in [5.41, 5.74) is 3.94. The number of nitrogens with zero attached hydrogens (tertiary/aromatic N) is 2. The van der Waals surface area contributed by atoms with E-state index < -0.39 is 11.4 Å². The van der Waals surface area contributed by atoms with Crippen LogP contribution in [0.2, 0.25) is 0 Å². The monoisotopic (exact) mass is 416 g/mol. The zero-order chi connectivity index (χ0) is 21.8. The number of carbonyl (C=O) groups is 1. The molecule has 0 aliphatic carbocycles. The lowest BCUT2D eigenvalue weighted by Gasteiger charge is -2.22. The first-order valence-electron chi connectivity index (χ1n) is 11.5. The molecule has 1 aromatic heterocycles. The van der Waals surface area contributed by atoms with Gasteiger partial charge < -0.3 is 10.0 Å². The summed E-state index contributed by atoms with van der Waals surface area (Å²) in [6, 6.07) is 19.2. The maximum atomic E-state index is 11.7. The van der Waals surface area contributed by atoms with Crippen molar-refractivity contribution in [3.63, 3.8) is 0 Å². The summed E-state index contributed by atoms with van der Waals surface area (Å²) in [6.07, 6.45) is 6.76. The van der Waals surface area contributed by atoms with Gasteiger partial charge in [0, 0.05) is 18.5 Å². The third kappa shape index (κ3) is 4.58. The number of anilines is 1. The predicted octanol–water partition coefficient (Wildman–Crippen LogP) is 6.33. The molecule has 0 spiro atoms. The summed E-state index contributed by atoms with van der Waals surface area (Å²) in [5, 5.41) is 10.8. The Morgan fingerprint density at radius 2 is 1.90 bits per heavy atom. The highest BCUT2D eigenvalue weighted by molar-refractivity contribution is 5.96. The van der Waals surface area contributed by atoms with E-state index in [2.05, 4.69) is 60.4 Å². The minimum atomic E-state index is -0.730. The van der Waals surface area contributed by atoms with Crippen LogP contribution in [0.15, 0.2) is 54.6 Å². The summed E-state index contributed by atoms with van der Waals surface area (Å²) in [5.74, 6) is 0.138. The van der Waals surface area contributed by atoms with Gasteiger partial charge in [0.15, 0.2) is 0 Å². The van der Waals surface area contributed by atoms with E-state index in [1.54, 1.807) is 0 Å². The molecule has 1 unspecified atom stereocenters. The van der Waals surface area contributed by atoms with E-state index in [4.69, 9.17) is 4.98 Å². The largest absolute Gasteiger partial charge is 0.481 e. The lowest BCUT2D eigenvalue weighted by Crippen LogP contribution is -2.32. The van der Waals surface area contributed by atoms with Crippen LogP contribution in [0.3, 0.4) is 0 Å². The van der Waals surface area contributed by atoms with Gasteiger partial charge >= 0.3 is 5.97 Å². The van der Waals surface area contributed by atoms with E-state index in [9.17, 15) is 9.90 Å². The van der Waals surface area contributed by atoms with E-state index in [-0.39, 0.29) is 0 Å². The van der Waals surface area contributed by atoms with Crippen LogP contribution in [0.1, 0.15) is 51.5 Å². The summed E-state index contributed by atoms with van der Waals surface area (Å²) >= 11 is 0. The van der Waals surface area contributed by atoms with Gasteiger partial charge in [-0.1, -0.05) is 62.6 Å². The van der Waals surface area contributed by atoms with Crippen molar-refractivity contribution in [2.75, 3.05) is 18.0 Å². The molecule has 4 heteroatoms. The molecule has 1 atom stereocenters. The minimum absolute atomic E-state index is 0.491. The SMILES string of the molecule is CCCCCCc1ccc2nc(N3CCC(C)(C(=O)O)C3)cc(-c3ccccc3)c2c1. The van der Waals surface area contributed by atoms with Crippen LogP contribution in [0.25, 0.3) is 22.0 Å². The topological polar surface area (TPSA) is 53.4 Å². The molecule has 0 amide bonds. The molecule has 4 rings (SSSR count). The third-order valence-electron chi connectivity index (χ3n) is 6.58. The number of carboxylic acids is 1. The Labute approximate surface area is 184 Å². The van der Waals surface area contributed by atoms with E-state index in [0.29, 0.717) is 19.5 Å². The van der Waals surface area contributed by atoms with Crippen LogP contribution < -0.4 is 4.90 Å². The number of aromatic nitrogens is 1. The second-order valence-electron chi connectivity index (χ2n) is 9.09. The van der Waals surface area contributed by atoms with Crippen molar-refractivity contribution in [3.05, 3.63) is 60.2 Å². The highest BCUT2D eigenvalue weighted by atomic mass is 16.4. The fourth-order valence-electron chi connectivity index (χ4n) is 4.52. The van der Waals surface area contributed by atoms with Gasteiger partial charge in [0.05, 0.1) is 10.9 Å². The number of fused-ring (bicyclic) bond motifs is 1. The highest BCUT2D eigenvalue weighted by Gasteiger charge is 2.41. The highest BCUT2D eigenvalue weighted by Crippen LogP contribution is 2.37. The van der Waals surface area contributed by atoms with Crippen LogP contribution in [-0.2, 0) is 11.2 Å². The number of pyridine rings is 1. The standard InChI is InChI=1S/C27H32N2O2/c1-3-4-5-7-10-20-13-14-24-23(17-20)22(21-11-8-6-9-12-21)18-25(28-24)29-16-15-27(2,19-29)26(30)31/h6,8-9,11-14,17-18H,3-5,7,10,15-16,19H2,1-2H3,(H,30,31). The number of unbranched alkanes of at least 4 members (excludes halogenated alkanes) is 3. The van der Waals surface area contributed by atoms with Crippen molar-refractivity contribution < 1.29 is 9.90 Å². The summed E-state index contributed by atoms with van der Waals surface area (Å²) < 4.78 is 0. The summed E-state index contributed by atoms with van der Waals surface area (Å²) in [4.78, 5) is 18.8. The van der Waals surface area contributed by atoms with Gasteiger partial charge in [-0.2, -0.15) is 0 Å². The van der Waals surface area contributed by atoms with E-state index in [1.165, 1.54) is 47.8 Å². The quantitative estimate of drug-likeness (QED) is 0.436. The molecular formula is C27H32N2O2. The van der Waals surface area contributed by atoms with Crippen molar-refractivity contribution in [3.8, 4) is 11.1 Å². The van der Waals surface area contributed by atoms with Crippen LogP contribution in [0, 0.1) is 5.41 Å². The Bertz CT molecular complexity index is 1060. The Balaban J connectivity index is 1.72. The fraction of sp³-hybridized carbons (Fsp3) is 0.407. The summed E-state index contributed by atoms with van der Waals surface area (Å²) in [6.45, 7) is 5.28. The Morgan fingerprint density at radius 1 is 1.10 bits per heavy atom. The van der Waals surface area contributed by atoms with Gasteiger partial charge in [-0.15, -0.1) is 0 Å². The lowest BCUT2D eigenvalue weighted by molar-refractivity contribution is -0.146. The Kier molecular flexibility index (Phi) is 6.26.